The van der Waals surface area contributed by atoms with Crippen molar-refractivity contribution in [3.05, 3.63) is 0 Å². The number of aliphatic hydroxyl groups excluding tert-OH is 3. The van der Waals surface area contributed by atoms with Gasteiger partial charge in [-0.05, 0) is 0 Å². The lowest BCUT2D eigenvalue weighted by Crippen LogP contribution is -2.21. The molecule has 3 unspecified atom stereocenters. The molecule has 1 aliphatic rings. The number of rotatable bonds is 1. The van der Waals surface area contributed by atoms with Crippen LogP contribution in [-0.2, 0) is 4.74 Å². The van der Waals surface area contributed by atoms with Gasteiger partial charge in [0.05, 0.1) is 31.5 Å². The van der Waals surface area contributed by atoms with Crippen molar-refractivity contribution in [2.45, 2.75) is 31.2 Å². The Balaban J connectivity index is 2.39. The van der Waals surface area contributed by atoms with Gasteiger partial charge in [-0.1, -0.05) is 0 Å². The standard InChI is InChI=1S/C7H14O4/c8-3-7-2-5(9)1-6(10)4-11-7/h5-10H,1-4H2. The second-order valence-corrected chi connectivity index (χ2v) is 2.92. The van der Waals surface area contributed by atoms with Gasteiger partial charge >= 0.3 is 0 Å². The van der Waals surface area contributed by atoms with Gasteiger partial charge in [-0.3, -0.25) is 0 Å². The van der Waals surface area contributed by atoms with Crippen LogP contribution in [0.15, 0.2) is 0 Å². The summed E-state index contributed by atoms with van der Waals surface area (Å²) >= 11 is 0. The Bertz CT molecular complexity index is 117. The summed E-state index contributed by atoms with van der Waals surface area (Å²) in [5, 5.41) is 27.0. The largest absolute Gasteiger partial charge is 0.394 e. The van der Waals surface area contributed by atoms with Crippen LogP contribution in [0, 0.1) is 0 Å². The molecular formula is C7H14O4. The normalized spacial score (nSPS) is 40.1. The Labute approximate surface area is 65.4 Å². The monoisotopic (exact) mass is 162 g/mol. The first-order valence-electron chi connectivity index (χ1n) is 3.81. The van der Waals surface area contributed by atoms with E-state index in [0.717, 1.165) is 0 Å². The van der Waals surface area contributed by atoms with Crippen molar-refractivity contribution >= 4 is 0 Å². The van der Waals surface area contributed by atoms with E-state index in [0.29, 0.717) is 12.8 Å². The molecule has 0 amide bonds. The molecular weight excluding hydrogens is 148 g/mol. The molecule has 1 aliphatic heterocycles. The minimum absolute atomic E-state index is 0.0935. The molecule has 1 rings (SSSR count). The van der Waals surface area contributed by atoms with Gasteiger partial charge in [-0.25, -0.2) is 0 Å². The van der Waals surface area contributed by atoms with E-state index in [1.54, 1.807) is 0 Å². The van der Waals surface area contributed by atoms with Gasteiger partial charge in [-0.2, -0.15) is 0 Å². The molecule has 1 saturated heterocycles. The van der Waals surface area contributed by atoms with Crippen LogP contribution in [0.3, 0.4) is 0 Å². The lowest BCUT2D eigenvalue weighted by Gasteiger charge is -2.12. The lowest BCUT2D eigenvalue weighted by atomic mass is 10.1. The van der Waals surface area contributed by atoms with E-state index in [-0.39, 0.29) is 19.3 Å². The molecule has 66 valence electrons. The average molecular weight is 162 g/mol. The molecule has 0 aromatic carbocycles. The van der Waals surface area contributed by atoms with Crippen molar-refractivity contribution in [1.29, 1.82) is 0 Å². The summed E-state index contributed by atoms with van der Waals surface area (Å²) in [6, 6.07) is 0. The smallest absolute Gasteiger partial charge is 0.0831 e. The number of aliphatic hydroxyl groups is 3. The van der Waals surface area contributed by atoms with Crippen LogP contribution in [0.5, 0.6) is 0 Å². The predicted octanol–water partition coefficient (Wildman–Crippen LogP) is -1.12. The summed E-state index contributed by atoms with van der Waals surface area (Å²) in [5.74, 6) is 0. The summed E-state index contributed by atoms with van der Waals surface area (Å²) in [6.07, 6.45) is -0.710. The average Bonchev–Trinajstić information content (AvgIpc) is 2.11. The maximum absolute atomic E-state index is 9.21. The van der Waals surface area contributed by atoms with Crippen molar-refractivity contribution in [1.82, 2.24) is 0 Å². The van der Waals surface area contributed by atoms with Crippen LogP contribution in [-0.4, -0.2) is 46.8 Å². The highest BCUT2D eigenvalue weighted by Crippen LogP contribution is 2.13. The Hall–Kier alpha value is -0.160. The minimum atomic E-state index is -0.596. The zero-order valence-corrected chi connectivity index (χ0v) is 6.31. The van der Waals surface area contributed by atoms with E-state index < -0.39 is 12.2 Å². The maximum atomic E-state index is 9.21. The van der Waals surface area contributed by atoms with Gasteiger partial charge < -0.3 is 20.1 Å². The first-order chi connectivity index (χ1) is 5.22. The molecule has 0 saturated carbocycles. The Morgan fingerprint density at radius 1 is 1.18 bits per heavy atom. The Morgan fingerprint density at radius 2 is 1.91 bits per heavy atom. The van der Waals surface area contributed by atoms with Crippen LogP contribution < -0.4 is 0 Å². The molecule has 4 nitrogen and oxygen atoms in total. The predicted molar refractivity (Wildman–Crippen MR) is 38.1 cm³/mol. The van der Waals surface area contributed by atoms with Crippen LogP contribution in [0.1, 0.15) is 12.8 Å². The van der Waals surface area contributed by atoms with E-state index in [9.17, 15) is 5.11 Å². The maximum Gasteiger partial charge on any atom is 0.0831 e. The second kappa shape index (κ2) is 4.01. The van der Waals surface area contributed by atoms with Crippen molar-refractivity contribution in [3.63, 3.8) is 0 Å². The van der Waals surface area contributed by atoms with Crippen molar-refractivity contribution in [2.75, 3.05) is 13.2 Å². The topological polar surface area (TPSA) is 69.9 Å². The molecule has 11 heavy (non-hydrogen) atoms. The first kappa shape index (κ1) is 8.93. The molecule has 0 aliphatic carbocycles. The van der Waals surface area contributed by atoms with Crippen molar-refractivity contribution in [2.24, 2.45) is 0 Å². The molecule has 0 radical (unpaired) electrons. The third kappa shape index (κ3) is 2.75. The highest BCUT2D eigenvalue weighted by atomic mass is 16.5. The fraction of sp³-hybridized carbons (Fsp3) is 1.00. The zero-order chi connectivity index (χ0) is 8.27. The quantitative estimate of drug-likeness (QED) is 0.457. The molecule has 0 aromatic heterocycles. The van der Waals surface area contributed by atoms with Crippen LogP contribution in [0.4, 0.5) is 0 Å². The van der Waals surface area contributed by atoms with E-state index >= 15 is 0 Å². The van der Waals surface area contributed by atoms with Gasteiger partial charge in [-0.15, -0.1) is 0 Å². The van der Waals surface area contributed by atoms with Crippen molar-refractivity contribution in [3.8, 4) is 0 Å². The molecule has 0 bridgehead atoms. The van der Waals surface area contributed by atoms with E-state index in [2.05, 4.69) is 0 Å². The Kier molecular flexibility index (Phi) is 3.26. The summed E-state index contributed by atoms with van der Waals surface area (Å²) in [7, 11) is 0. The van der Waals surface area contributed by atoms with Crippen LogP contribution in [0.25, 0.3) is 0 Å². The summed E-state index contributed by atoms with van der Waals surface area (Å²) < 4.78 is 5.07. The SMILES string of the molecule is OCC1CC(O)CC(O)CO1. The van der Waals surface area contributed by atoms with E-state index in [1.165, 1.54) is 0 Å². The molecule has 3 N–H and O–H groups in total. The van der Waals surface area contributed by atoms with Gasteiger partial charge in [0.1, 0.15) is 0 Å². The highest BCUT2D eigenvalue weighted by molar-refractivity contribution is 4.72. The molecule has 0 aromatic rings. The van der Waals surface area contributed by atoms with E-state index in [4.69, 9.17) is 14.9 Å². The molecule has 3 atom stereocenters. The van der Waals surface area contributed by atoms with Gasteiger partial charge in [0.25, 0.3) is 0 Å². The van der Waals surface area contributed by atoms with Crippen LogP contribution in [0.2, 0.25) is 0 Å². The van der Waals surface area contributed by atoms with E-state index in [1.807, 2.05) is 0 Å². The number of hydrogen-bond acceptors (Lipinski definition) is 4. The zero-order valence-electron chi connectivity index (χ0n) is 6.31. The summed E-state index contributed by atoms with van der Waals surface area (Å²) in [5.41, 5.74) is 0. The third-order valence-electron chi connectivity index (χ3n) is 1.81. The number of hydrogen-bond donors (Lipinski definition) is 3. The molecule has 1 fully saturated rings. The minimum Gasteiger partial charge on any atom is -0.394 e. The second-order valence-electron chi connectivity index (χ2n) is 2.92. The van der Waals surface area contributed by atoms with Gasteiger partial charge in [0, 0.05) is 12.8 Å². The first-order valence-corrected chi connectivity index (χ1v) is 3.81. The number of ether oxygens (including phenoxy) is 1. The van der Waals surface area contributed by atoms with Crippen LogP contribution >= 0.6 is 0 Å². The fourth-order valence-corrected chi connectivity index (χ4v) is 1.22. The molecule has 1 heterocycles. The Morgan fingerprint density at radius 3 is 2.55 bits per heavy atom. The van der Waals surface area contributed by atoms with Gasteiger partial charge in [0.2, 0.25) is 0 Å². The fourth-order valence-electron chi connectivity index (χ4n) is 1.22. The van der Waals surface area contributed by atoms with Gasteiger partial charge in [0.15, 0.2) is 0 Å². The summed E-state index contributed by atoms with van der Waals surface area (Å²) in [6.45, 7) is 0.117. The summed E-state index contributed by atoms with van der Waals surface area (Å²) in [4.78, 5) is 0. The highest BCUT2D eigenvalue weighted by Gasteiger charge is 2.22. The third-order valence-corrected chi connectivity index (χ3v) is 1.81. The lowest BCUT2D eigenvalue weighted by molar-refractivity contribution is -0.0200. The van der Waals surface area contributed by atoms with Crippen molar-refractivity contribution < 1.29 is 20.1 Å². The molecule has 4 heteroatoms. The molecule has 0 spiro atoms.